The SMILES string of the molecule is O=C(CN=C1NS(=O)(=O)c2ccccc21)OCc1cc(F)cc2c1OC(c1ccccc1)OC2. The molecule has 2 aliphatic rings. The fourth-order valence-corrected chi connectivity index (χ4v) is 5.01. The first-order valence-corrected chi connectivity index (χ1v) is 11.9. The first-order valence-electron chi connectivity index (χ1n) is 10.4. The molecule has 0 aromatic heterocycles. The van der Waals surface area contributed by atoms with Crippen LogP contribution in [0.2, 0.25) is 0 Å². The van der Waals surface area contributed by atoms with Gasteiger partial charge < -0.3 is 14.2 Å². The minimum atomic E-state index is -3.70. The van der Waals surface area contributed by atoms with Crippen molar-refractivity contribution in [3.63, 3.8) is 0 Å². The van der Waals surface area contributed by atoms with Crippen LogP contribution < -0.4 is 9.46 Å². The van der Waals surface area contributed by atoms with E-state index in [0.717, 1.165) is 5.56 Å². The van der Waals surface area contributed by atoms with Gasteiger partial charge in [-0.2, -0.15) is 0 Å². The van der Waals surface area contributed by atoms with Gasteiger partial charge in [-0.05, 0) is 24.3 Å². The van der Waals surface area contributed by atoms with Crippen molar-refractivity contribution in [2.75, 3.05) is 6.54 Å². The number of nitrogens with one attached hydrogen (secondary N) is 1. The summed E-state index contributed by atoms with van der Waals surface area (Å²) in [5, 5.41) is 0. The summed E-state index contributed by atoms with van der Waals surface area (Å²) >= 11 is 0. The molecule has 0 radical (unpaired) electrons. The number of nitrogens with zero attached hydrogens (tertiary/aromatic N) is 1. The predicted molar refractivity (Wildman–Crippen MR) is 119 cm³/mol. The number of amidine groups is 1. The predicted octanol–water partition coefficient (Wildman–Crippen LogP) is 3.22. The molecule has 1 atom stereocenters. The lowest BCUT2D eigenvalue weighted by atomic mass is 10.1. The number of hydrogen-bond acceptors (Lipinski definition) is 7. The van der Waals surface area contributed by atoms with Crippen molar-refractivity contribution in [1.82, 2.24) is 4.72 Å². The molecule has 1 N–H and O–H groups in total. The van der Waals surface area contributed by atoms with Gasteiger partial charge in [0.25, 0.3) is 10.0 Å². The van der Waals surface area contributed by atoms with E-state index in [4.69, 9.17) is 14.2 Å². The molecule has 174 valence electrons. The van der Waals surface area contributed by atoms with Gasteiger partial charge in [-0.1, -0.05) is 42.5 Å². The van der Waals surface area contributed by atoms with Crippen LogP contribution in [0.25, 0.3) is 0 Å². The molecule has 0 amide bonds. The number of fused-ring (bicyclic) bond motifs is 2. The Morgan fingerprint density at radius 1 is 1.12 bits per heavy atom. The zero-order chi connectivity index (χ0) is 23.7. The highest BCUT2D eigenvalue weighted by atomic mass is 32.2. The number of ether oxygens (including phenoxy) is 3. The first-order chi connectivity index (χ1) is 16.4. The fraction of sp³-hybridized carbons (Fsp3) is 0.167. The maximum atomic E-state index is 14.1. The largest absolute Gasteiger partial charge is 0.460 e. The van der Waals surface area contributed by atoms with E-state index in [-0.39, 0.29) is 23.9 Å². The van der Waals surface area contributed by atoms with Crippen molar-refractivity contribution >= 4 is 21.8 Å². The third-order valence-corrected chi connectivity index (χ3v) is 6.71. The van der Waals surface area contributed by atoms with Crippen molar-refractivity contribution in [3.05, 3.63) is 94.8 Å². The Bertz CT molecular complexity index is 1390. The molecule has 0 saturated carbocycles. The van der Waals surface area contributed by atoms with E-state index in [0.29, 0.717) is 22.4 Å². The summed E-state index contributed by atoms with van der Waals surface area (Å²) in [4.78, 5) is 16.5. The van der Waals surface area contributed by atoms with Crippen LogP contribution in [0.15, 0.2) is 76.6 Å². The van der Waals surface area contributed by atoms with Gasteiger partial charge in [0.2, 0.25) is 6.29 Å². The van der Waals surface area contributed by atoms with Crippen molar-refractivity contribution in [1.29, 1.82) is 0 Å². The summed E-state index contributed by atoms with van der Waals surface area (Å²) in [6.07, 6.45) is -0.671. The van der Waals surface area contributed by atoms with E-state index in [1.54, 1.807) is 18.2 Å². The van der Waals surface area contributed by atoms with E-state index in [9.17, 15) is 17.6 Å². The molecule has 2 aliphatic heterocycles. The van der Waals surface area contributed by atoms with Crippen molar-refractivity contribution in [2.45, 2.75) is 24.4 Å². The Morgan fingerprint density at radius 3 is 2.71 bits per heavy atom. The highest BCUT2D eigenvalue weighted by Gasteiger charge is 2.30. The first kappa shape index (κ1) is 22.1. The lowest BCUT2D eigenvalue weighted by molar-refractivity contribution is -0.143. The van der Waals surface area contributed by atoms with Gasteiger partial charge in [-0.25, -0.2) is 12.8 Å². The quantitative estimate of drug-likeness (QED) is 0.560. The van der Waals surface area contributed by atoms with E-state index in [2.05, 4.69) is 9.71 Å². The molecule has 0 spiro atoms. The lowest BCUT2D eigenvalue weighted by Crippen LogP contribution is -2.23. The summed E-state index contributed by atoms with van der Waals surface area (Å²) in [7, 11) is -3.70. The van der Waals surface area contributed by atoms with Gasteiger partial charge in [-0.15, -0.1) is 0 Å². The third kappa shape index (κ3) is 4.37. The Labute approximate surface area is 195 Å². The molecule has 3 aromatic rings. The molecule has 0 saturated heterocycles. The standard InChI is InChI=1S/C24H19FN2O6S/c25-18-10-16(22-17(11-18)14-32-24(33-22)15-6-2-1-3-7-15)13-31-21(28)12-26-23-19-8-4-5-9-20(19)34(29,30)27-23/h1-11,24H,12-14H2,(H,26,27). The Kier molecular flexibility index (Phi) is 5.76. The van der Waals surface area contributed by atoms with Crippen LogP contribution in [-0.2, 0) is 37.5 Å². The van der Waals surface area contributed by atoms with Crippen LogP contribution >= 0.6 is 0 Å². The topological polar surface area (TPSA) is 103 Å². The van der Waals surface area contributed by atoms with Crippen LogP contribution in [0.5, 0.6) is 5.75 Å². The minimum absolute atomic E-state index is 0.0712. The molecule has 5 rings (SSSR count). The average Bonchev–Trinajstić information content (AvgIpc) is 3.11. The minimum Gasteiger partial charge on any atom is -0.460 e. The van der Waals surface area contributed by atoms with Crippen LogP contribution in [0.4, 0.5) is 4.39 Å². The van der Waals surface area contributed by atoms with Gasteiger partial charge in [-0.3, -0.25) is 14.5 Å². The zero-order valence-electron chi connectivity index (χ0n) is 17.7. The number of halogens is 1. The molecule has 3 aromatic carbocycles. The Morgan fingerprint density at radius 2 is 1.88 bits per heavy atom. The highest BCUT2D eigenvalue weighted by Crippen LogP contribution is 2.36. The molecule has 1 unspecified atom stereocenters. The van der Waals surface area contributed by atoms with Gasteiger partial charge in [0.05, 0.1) is 11.5 Å². The maximum absolute atomic E-state index is 14.1. The van der Waals surface area contributed by atoms with E-state index in [1.807, 2.05) is 30.3 Å². The number of esters is 1. The number of hydrogen-bond donors (Lipinski definition) is 1. The van der Waals surface area contributed by atoms with E-state index >= 15 is 0 Å². The summed E-state index contributed by atoms with van der Waals surface area (Å²) < 4.78 is 57.7. The summed E-state index contributed by atoms with van der Waals surface area (Å²) in [6, 6.07) is 18.2. The molecule has 0 bridgehead atoms. The van der Waals surface area contributed by atoms with Crippen LogP contribution in [0.1, 0.15) is 28.5 Å². The second-order valence-electron chi connectivity index (χ2n) is 7.65. The molecule has 8 nitrogen and oxygen atoms in total. The molecular formula is C24H19FN2O6S. The zero-order valence-corrected chi connectivity index (χ0v) is 18.5. The smallest absolute Gasteiger partial charge is 0.328 e. The van der Waals surface area contributed by atoms with E-state index < -0.39 is 34.6 Å². The summed E-state index contributed by atoms with van der Waals surface area (Å²) in [5.74, 6) is -0.743. The number of rotatable bonds is 5. The fourth-order valence-electron chi connectivity index (χ4n) is 3.76. The maximum Gasteiger partial charge on any atom is 0.328 e. The normalized spacial score (nSPS) is 19.0. The van der Waals surface area contributed by atoms with Gasteiger partial charge in [0.1, 0.15) is 30.6 Å². The van der Waals surface area contributed by atoms with Gasteiger partial charge in [0.15, 0.2) is 0 Å². The lowest BCUT2D eigenvalue weighted by Gasteiger charge is -2.28. The monoisotopic (exact) mass is 482 g/mol. The van der Waals surface area contributed by atoms with Crippen molar-refractivity contribution < 1.29 is 31.8 Å². The Hall–Kier alpha value is -3.76. The summed E-state index contributed by atoms with van der Waals surface area (Å²) in [6.45, 7) is -0.519. The number of carbonyl (C=O) groups excluding carboxylic acids is 1. The number of carbonyl (C=O) groups is 1. The number of benzene rings is 3. The van der Waals surface area contributed by atoms with Gasteiger partial charge in [0, 0.05) is 22.3 Å². The number of sulfonamides is 1. The second kappa shape index (κ2) is 8.88. The highest BCUT2D eigenvalue weighted by molar-refractivity contribution is 7.90. The molecule has 2 heterocycles. The molecule has 10 heteroatoms. The van der Waals surface area contributed by atoms with Gasteiger partial charge >= 0.3 is 5.97 Å². The third-order valence-electron chi connectivity index (χ3n) is 5.31. The van der Waals surface area contributed by atoms with Crippen molar-refractivity contribution in [3.8, 4) is 5.75 Å². The molecule has 0 aliphatic carbocycles. The van der Waals surface area contributed by atoms with Crippen molar-refractivity contribution in [2.24, 2.45) is 4.99 Å². The second-order valence-corrected chi connectivity index (χ2v) is 9.30. The average molecular weight is 482 g/mol. The van der Waals surface area contributed by atoms with E-state index in [1.165, 1.54) is 18.2 Å². The summed E-state index contributed by atoms with van der Waals surface area (Å²) in [5.41, 5.74) is 2.05. The van der Waals surface area contributed by atoms with Crippen LogP contribution in [-0.4, -0.2) is 26.8 Å². The van der Waals surface area contributed by atoms with Crippen LogP contribution in [0.3, 0.4) is 0 Å². The van der Waals surface area contributed by atoms with Crippen LogP contribution in [0, 0.1) is 5.82 Å². The molecule has 0 fully saturated rings. The number of aliphatic imine (C=N–C) groups is 1. The Balaban J connectivity index is 1.29. The molecule has 34 heavy (non-hydrogen) atoms. The molecular weight excluding hydrogens is 463 g/mol.